The minimum absolute atomic E-state index is 0.0486. The van der Waals surface area contributed by atoms with E-state index >= 15 is 0 Å². The van der Waals surface area contributed by atoms with Crippen LogP contribution in [-0.4, -0.2) is 62.8 Å². The minimum atomic E-state index is -3.89. The molecule has 0 bridgehead atoms. The second kappa shape index (κ2) is 10.5. The lowest BCUT2D eigenvalue weighted by atomic mass is 10.00. The summed E-state index contributed by atoms with van der Waals surface area (Å²) in [4.78, 5) is 25.1. The summed E-state index contributed by atoms with van der Waals surface area (Å²) in [5.41, 5.74) is 5.48. The Kier molecular flexibility index (Phi) is 7.55. The van der Waals surface area contributed by atoms with Crippen LogP contribution >= 0.6 is 7.52 Å². The number of halogens is 1. The van der Waals surface area contributed by atoms with E-state index in [1.807, 2.05) is 0 Å². The fourth-order valence-corrected chi connectivity index (χ4v) is 5.47. The molecule has 12 nitrogen and oxygen atoms in total. The first-order valence-corrected chi connectivity index (χ1v) is 13.1. The highest BCUT2D eigenvalue weighted by molar-refractivity contribution is 7.57. The molecule has 0 saturated carbocycles. The summed E-state index contributed by atoms with van der Waals surface area (Å²) >= 11 is 0. The minimum Gasteiger partial charge on any atom is -0.461 e. The molecule has 3 aromatic rings. The van der Waals surface area contributed by atoms with Gasteiger partial charge in [-0.1, -0.05) is 0 Å². The van der Waals surface area contributed by atoms with Gasteiger partial charge in [0.2, 0.25) is 0 Å². The highest BCUT2D eigenvalue weighted by Gasteiger charge is 2.52. The molecule has 0 amide bonds. The molecule has 1 fully saturated rings. The van der Waals surface area contributed by atoms with E-state index in [4.69, 9.17) is 24.5 Å². The fourth-order valence-electron chi connectivity index (χ4n) is 3.52. The molecule has 3 heterocycles. The smallest absolute Gasteiger partial charge is 0.343 e. The molecule has 1 aliphatic rings. The number of nitrogen functional groups attached to an aromatic ring is 1. The van der Waals surface area contributed by atoms with Gasteiger partial charge in [0, 0.05) is 0 Å². The van der Waals surface area contributed by atoms with Crippen molar-refractivity contribution >= 4 is 30.5 Å². The van der Waals surface area contributed by atoms with Gasteiger partial charge in [0.1, 0.15) is 29.8 Å². The molecular formula is C22H28FN6O6P. The fraction of sp³-hybridized carbons (Fsp3) is 0.455. The highest BCUT2D eigenvalue weighted by atomic mass is 31.2. The van der Waals surface area contributed by atoms with Crippen molar-refractivity contribution in [1.29, 1.82) is 0 Å². The van der Waals surface area contributed by atoms with Crippen LogP contribution in [0.25, 0.3) is 11.2 Å². The Morgan fingerprint density at radius 3 is 2.61 bits per heavy atom. The van der Waals surface area contributed by atoms with Crippen molar-refractivity contribution < 1.29 is 32.5 Å². The maximum absolute atomic E-state index is 14.0. The van der Waals surface area contributed by atoms with E-state index in [-0.39, 0.29) is 30.9 Å². The summed E-state index contributed by atoms with van der Waals surface area (Å²) in [6, 6.07) is 5.03. The normalized spacial score (nSPS) is 17.4. The molecule has 0 radical (unpaired) electrons. The lowest BCUT2D eigenvalue weighted by Gasteiger charge is -2.41. The van der Waals surface area contributed by atoms with Crippen molar-refractivity contribution in [3.8, 4) is 5.75 Å². The average molecular weight is 522 g/mol. The van der Waals surface area contributed by atoms with Gasteiger partial charge >= 0.3 is 13.5 Å². The third-order valence-electron chi connectivity index (χ3n) is 5.29. The van der Waals surface area contributed by atoms with Crippen LogP contribution in [-0.2, 0) is 30.1 Å². The third-order valence-corrected chi connectivity index (χ3v) is 7.06. The number of hydrogen-bond donors (Lipinski definition) is 2. The molecule has 0 spiro atoms. The van der Waals surface area contributed by atoms with Gasteiger partial charge in [-0.3, -0.25) is 4.57 Å². The average Bonchev–Trinajstić information content (AvgIpc) is 3.20. The number of ether oxygens (including phenoxy) is 3. The van der Waals surface area contributed by atoms with Crippen LogP contribution in [0.3, 0.4) is 0 Å². The zero-order valence-corrected chi connectivity index (χ0v) is 21.0. The van der Waals surface area contributed by atoms with Crippen molar-refractivity contribution in [2.45, 2.75) is 45.1 Å². The van der Waals surface area contributed by atoms with E-state index in [1.165, 1.54) is 30.6 Å². The lowest BCUT2D eigenvalue weighted by Crippen LogP contribution is -2.65. The predicted octanol–water partition coefficient (Wildman–Crippen LogP) is 2.49. The Morgan fingerprint density at radius 2 is 1.97 bits per heavy atom. The van der Waals surface area contributed by atoms with Crippen LogP contribution in [0.5, 0.6) is 5.75 Å². The standard InChI is InChI=1S/C22H28FN6O6P/c1-14(2)34-21(30)22(9-32-10-22)28-36(31,35-17-6-4-16(23)5-7-17)13-33-15(3)8-29-12-27-18-19(24)25-11-26-20(18)29/h4-7,11-12,14-15H,8-10,13H2,1-3H3,(H,28,31)(H2,24,25,26)/t15-,36?/m1/s1. The van der Waals surface area contributed by atoms with Crippen LogP contribution in [0.15, 0.2) is 36.9 Å². The third kappa shape index (κ3) is 5.81. The van der Waals surface area contributed by atoms with Crippen LogP contribution in [0.4, 0.5) is 10.2 Å². The largest absolute Gasteiger partial charge is 0.461 e. The Balaban J connectivity index is 1.50. The van der Waals surface area contributed by atoms with Crippen LogP contribution < -0.4 is 15.3 Å². The van der Waals surface area contributed by atoms with E-state index in [0.29, 0.717) is 17.7 Å². The van der Waals surface area contributed by atoms with Crippen LogP contribution in [0.1, 0.15) is 20.8 Å². The number of nitrogens with zero attached hydrogens (tertiary/aromatic N) is 4. The molecule has 1 aliphatic heterocycles. The monoisotopic (exact) mass is 522 g/mol. The van der Waals surface area contributed by atoms with E-state index in [9.17, 15) is 13.8 Å². The van der Waals surface area contributed by atoms with Crippen molar-refractivity contribution in [3.63, 3.8) is 0 Å². The van der Waals surface area contributed by atoms with Crippen molar-refractivity contribution in [2.75, 3.05) is 25.3 Å². The van der Waals surface area contributed by atoms with E-state index in [2.05, 4.69) is 20.0 Å². The first-order valence-electron chi connectivity index (χ1n) is 11.2. The van der Waals surface area contributed by atoms with Crippen molar-refractivity contribution in [3.05, 3.63) is 42.7 Å². The zero-order valence-electron chi connectivity index (χ0n) is 20.1. The number of benzene rings is 1. The van der Waals surface area contributed by atoms with E-state index < -0.39 is 37.3 Å². The molecule has 2 atom stereocenters. The van der Waals surface area contributed by atoms with Crippen LogP contribution in [0, 0.1) is 5.82 Å². The Hall–Kier alpha value is -3.12. The van der Waals surface area contributed by atoms with Gasteiger partial charge in [0.15, 0.2) is 17.0 Å². The highest BCUT2D eigenvalue weighted by Crippen LogP contribution is 2.47. The molecule has 14 heteroatoms. The molecule has 1 aromatic carbocycles. The number of carbonyl (C=O) groups excluding carboxylic acids is 1. The molecule has 1 saturated heterocycles. The first-order chi connectivity index (χ1) is 17.1. The molecule has 0 aliphatic carbocycles. The maximum Gasteiger partial charge on any atom is 0.343 e. The van der Waals surface area contributed by atoms with Gasteiger partial charge in [-0.15, -0.1) is 0 Å². The SMILES string of the molecule is CC(C)OC(=O)C1(NP(=O)(CO[C@H](C)Cn2cnc3c(N)ncnc32)Oc2ccc(F)cc2)COC1. The molecule has 36 heavy (non-hydrogen) atoms. The number of fused-ring (bicyclic) bond motifs is 1. The molecule has 2 aromatic heterocycles. The maximum atomic E-state index is 14.0. The number of rotatable bonds is 11. The summed E-state index contributed by atoms with van der Waals surface area (Å²) in [5.74, 6) is -0.683. The number of imidazole rings is 1. The first kappa shape index (κ1) is 26.0. The van der Waals surface area contributed by atoms with Gasteiger partial charge < -0.3 is 29.0 Å². The number of nitrogens with two attached hydrogens (primary N) is 1. The van der Waals surface area contributed by atoms with Gasteiger partial charge in [0.05, 0.1) is 38.3 Å². The summed E-state index contributed by atoms with van der Waals surface area (Å²) in [5, 5.41) is 2.82. The predicted molar refractivity (Wildman–Crippen MR) is 128 cm³/mol. The summed E-state index contributed by atoms with van der Waals surface area (Å²) in [6.45, 7) is 5.41. The molecule has 4 rings (SSSR count). The number of nitrogens with one attached hydrogen (secondary N) is 1. The molecule has 194 valence electrons. The topological polar surface area (TPSA) is 153 Å². The summed E-state index contributed by atoms with van der Waals surface area (Å²) in [7, 11) is -3.89. The summed E-state index contributed by atoms with van der Waals surface area (Å²) in [6.07, 6.45) is 1.65. The molecule has 1 unspecified atom stereocenters. The van der Waals surface area contributed by atoms with E-state index in [0.717, 1.165) is 0 Å². The van der Waals surface area contributed by atoms with Gasteiger partial charge in [-0.2, -0.15) is 0 Å². The Morgan fingerprint density at radius 1 is 1.25 bits per heavy atom. The number of esters is 1. The quantitative estimate of drug-likeness (QED) is 0.282. The molecular weight excluding hydrogens is 494 g/mol. The van der Waals surface area contributed by atoms with Crippen LogP contribution in [0.2, 0.25) is 0 Å². The molecule has 3 N–H and O–H groups in total. The number of anilines is 1. The Bertz CT molecular complexity index is 1270. The Labute approximate surface area is 206 Å². The number of hydrogen-bond acceptors (Lipinski definition) is 10. The summed E-state index contributed by atoms with van der Waals surface area (Å²) < 4.78 is 51.3. The van der Waals surface area contributed by atoms with Gasteiger partial charge in [-0.25, -0.2) is 29.2 Å². The second-order valence-electron chi connectivity index (χ2n) is 8.79. The van der Waals surface area contributed by atoms with Crippen molar-refractivity contribution in [1.82, 2.24) is 24.6 Å². The van der Waals surface area contributed by atoms with Gasteiger partial charge in [0.25, 0.3) is 0 Å². The van der Waals surface area contributed by atoms with E-state index in [1.54, 1.807) is 31.7 Å². The van der Waals surface area contributed by atoms with Crippen molar-refractivity contribution in [2.24, 2.45) is 0 Å². The second-order valence-corrected chi connectivity index (χ2v) is 10.8. The zero-order chi connectivity index (χ0) is 25.9. The number of aromatic nitrogens is 4. The number of carbonyl (C=O) groups is 1. The van der Waals surface area contributed by atoms with Gasteiger partial charge in [-0.05, 0) is 45.0 Å². The lowest BCUT2D eigenvalue weighted by molar-refractivity contribution is -0.174.